The molecule has 0 spiro atoms. The largest absolute Gasteiger partial charge is 0.374 e. The number of hydrogen-bond acceptors (Lipinski definition) is 4. The molecule has 0 saturated carbocycles. The van der Waals surface area contributed by atoms with Crippen LogP contribution in [0.25, 0.3) is 0 Å². The van der Waals surface area contributed by atoms with Crippen molar-refractivity contribution in [1.29, 1.82) is 0 Å². The summed E-state index contributed by atoms with van der Waals surface area (Å²) in [6.07, 6.45) is 1.39. The van der Waals surface area contributed by atoms with Crippen molar-refractivity contribution in [3.63, 3.8) is 0 Å². The monoisotopic (exact) mass is 255 g/mol. The number of hydrogen-bond donors (Lipinski definition) is 2. The van der Waals surface area contributed by atoms with Crippen LogP contribution in [0.5, 0.6) is 0 Å². The van der Waals surface area contributed by atoms with Gasteiger partial charge >= 0.3 is 0 Å². The fourth-order valence-electron chi connectivity index (χ4n) is 2.85. The van der Waals surface area contributed by atoms with Gasteiger partial charge in [0.05, 0.1) is 12.7 Å². The second-order valence-electron chi connectivity index (χ2n) is 5.90. The van der Waals surface area contributed by atoms with Gasteiger partial charge in [-0.25, -0.2) is 0 Å². The van der Waals surface area contributed by atoms with Crippen LogP contribution in [0.15, 0.2) is 0 Å². The Kier molecular flexibility index (Phi) is 4.59. The molecule has 2 heterocycles. The van der Waals surface area contributed by atoms with Crippen molar-refractivity contribution < 1.29 is 9.53 Å². The lowest BCUT2D eigenvalue weighted by Crippen LogP contribution is -2.50. The molecule has 1 amide bonds. The van der Waals surface area contributed by atoms with Crippen molar-refractivity contribution in [2.45, 2.75) is 26.4 Å². The van der Waals surface area contributed by atoms with E-state index in [2.05, 4.69) is 22.5 Å². The maximum atomic E-state index is 10.9. The molecule has 0 aromatic rings. The van der Waals surface area contributed by atoms with Crippen LogP contribution < -0.4 is 10.6 Å². The highest BCUT2D eigenvalue weighted by atomic mass is 16.5. The summed E-state index contributed by atoms with van der Waals surface area (Å²) in [4.78, 5) is 13.4. The second kappa shape index (κ2) is 5.99. The minimum absolute atomic E-state index is 0.0164. The van der Waals surface area contributed by atoms with Crippen LogP contribution >= 0.6 is 0 Å². The third-order valence-corrected chi connectivity index (χ3v) is 3.86. The molecular weight excluding hydrogens is 230 g/mol. The third-order valence-electron chi connectivity index (χ3n) is 3.86. The van der Waals surface area contributed by atoms with Crippen LogP contribution in [0.3, 0.4) is 0 Å². The Morgan fingerprint density at radius 2 is 2.44 bits per heavy atom. The van der Waals surface area contributed by atoms with E-state index < -0.39 is 0 Å². The fraction of sp³-hybridized carbons (Fsp3) is 0.923. The molecule has 2 unspecified atom stereocenters. The predicted molar refractivity (Wildman–Crippen MR) is 70.5 cm³/mol. The van der Waals surface area contributed by atoms with Gasteiger partial charge in [0.1, 0.15) is 0 Å². The van der Waals surface area contributed by atoms with E-state index in [0.29, 0.717) is 12.0 Å². The molecule has 5 nitrogen and oxygen atoms in total. The van der Waals surface area contributed by atoms with Gasteiger partial charge in [0.25, 0.3) is 0 Å². The molecule has 5 heteroatoms. The zero-order valence-corrected chi connectivity index (χ0v) is 11.5. The zero-order chi connectivity index (χ0) is 13.0. The van der Waals surface area contributed by atoms with E-state index in [1.165, 1.54) is 6.42 Å². The van der Waals surface area contributed by atoms with E-state index in [0.717, 1.165) is 39.3 Å². The number of nitrogens with zero attached hydrogens (tertiary/aromatic N) is 1. The lowest BCUT2D eigenvalue weighted by atomic mass is 9.89. The number of amides is 1. The molecule has 2 fully saturated rings. The first kappa shape index (κ1) is 13.8. The van der Waals surface area contributed by atoms with Gasteiger partial charge in [-0.05, 0) is 18.4 Å². The first-order chi connectivity index (χ1) is 8.57. The van der Waals surface area contributed by atoms with Crippen molar-refractivity contribution >= 4 is 5.91 Å². The van der Waals surface area contributed by atoms with Crippen LogP contribution in [0.4, 0.5) is 0 Å². The molecule has 2 rings (SSSR count). The van der Waals surface area contributed by atoms with Crippen molar-refractivity contribution in [3.8, 4) is 0 Å². The molecule has 18 heavy (non-hydrogen) atoms. The van der Waals surface area contributed by atoms with E-state index in [1.54, 1.807) is 6.92 Å². The summed E-state index contributed by atoms with van der Waals surface area (Å²) in [5, 5.41) is 6.27. The smallest absolute Gasteiger partial charge is 0.216 e. The first-order valence-electron chi connectivity index (χ1n) is 6.87. The number of ether oxygens (including phenoxy) is 1. The lowest BCUT2D eigenvalue weighted by Gasteiger charge is -2.37. The van der Waals surface area contributed by atoms with Gasteiger partial charge in [-0.15, -0.1) is 0 Å². The average Bonchev–Trinajstić information content (AvgIpc) is 2.73. The fourth-order valence-corrected chi connectivity index (χ4v) is 2.85. The summed E-state index contributed by atoms with van der Waals surface area (Å²) in [5.74, 6) is 0.0164. The van der Waals surface area contributed by atoms with Crippen molar-refractivity contribution in [2.75, 3.05) is 45.9 Å². The minimum atomic E-state index is 0.0164. The molecular formula is C13H25N3O2. The Bertz CT molecular complexity index is 290. The Hall–Kier alpha value is -0.650. The summed E-state index contributed by atoms with van der Waals surface area (Å²) < 4.78 is 5.68. The van der Waals surface area contributed by atoms with E-state index in [-0.39, 0.29) is 12.0 Å². The maximum Gasteiger partial charge on any atom is 0.216 e. The highest BCUT2D eigenvalue weighted by molar-refractivity contribution is 5.72. The van der Waals surface area contributed by atoms with E-state index in [4.69, 9.17) is 4.74 Å². The van der Waals surface area contributed by atoms with Crippen LogP contribution in [0.2, 0.25) is 0 Å². The highest BCUT2D eigenvalue weighted by Gasteiger charge is 2.32. The summed E-state index contributed by atoms with van der Waals surface area (Å²) in [7, 11) is 0. The van der Waals surface area contributed by atoms with Crippen molar-refractivity contribution in [3.05, 3.63) is 0 Å². The lowest BCUT2D eigenvalue weighted by molar-refractivity contribution is -0.120. The Morgan fingerprint density at radius 1 is 1.61 bits per heavy atom. The van der Waals surface area contributed by atoms with Gasteiger partial charge in [0.15, 0.2) is 0 Å². The van der Waals surface area contributed by atoms with Crippen LogP contribution in [-0.4, -0.2) is 62.8 Å². The number of nitrogens with one attached hydrogen (secondary N) is 2. The molecule has 2 saturated heterocycles. The van der Waals surface area contributed by atoms with Crippen LogP contribution in [0.1, 0.15) is 20.3 Å². The standard InChI is InChI=1S/C13H25N3O2/c1-11(17)15-7-12-8-16(5-6-18-12)10-13(2)3-4-14-9-13/h12,14H,3-10H2,1-2H3,(H,15,17). The normalized spacial score (nSPS) is 33.6. The van der Waals surface area contributed by atoms with Gasteiger partial charge < -0.3 is 15.4 Å². The van der Waals surface area contributed by atoms with E-state index >= 15 is 0 Å². The van der Waals surface area contributed by atoms with Gasteiger partial charge in [-0.3, -0.25) is 9.69 Å². The van der Waals surface area contributed by atoms with Crippen LogP contribution in [0, 0.1) is 5.41 Å². The quantitative estimate of drug-likeness (QED) is 0.732. The minimum Gasteiger partial charge on any atom is -0.374 e. The molecule has 0 aromatic carbocycles. The number of carbonyl (C=O) groups is 1. The molecule has 0 bridgehead atoms. The molecule has 2 N–H and O–H groups in total. The maximum absolute atomic E-state index is 10.9. The molecule has 0 aromatic heterocycles. The topological polar surface area (TPSA) is 53.6 Å². The van der Waals surface area contributed by atoms with Gasteiger partial charge in [0.2, 0.25) is 5.91 Å². The van der Waals surface area contributed by atoms with Crippen LogP contribution in [-0.2, 0) is 9.53 Å². The van der Waals surface area contributed by atoms with Gasteiger partial charge in [-0.1, -0.05) is 6.92 Å². The summed E-state index contributed by atoms with van der Waals surface area (Å²) in [6.45, 7) is 10.6. The SMILES string of the molecule is CC(=O)NCC1CN(CC2(C)CCNC2)CCO1. The zero-order valence-electron chi connectivity index (χ0n) is 11.5. The average molecular weight is 255 g/mol. The molecule has 2 aliphatic rings. The Balaban J connectivity index is 1.77. The summed E-state index contributed by atoms with van der Waals surface area (Å²) in [6, 6.07) is 0. The predicted octanol–water partition coefficient (Wildman–Crippen LogP) is -0.177. The molecule has 0 aliphatic carbocycles. The number of carbonyl (C=O) groups excluding carboxylic acids is 1. The number of rotatable bonds is 4. The highest BCUT2D eigenvalue weighted by Crippen LogP contribution is 2.26. The van der Waals surface area contributed by atoms with Gasteiger partial charge in [-0.2, -0.15) is 0 Å². The molecule has 0 radical (unpaired) electrons. The summed E-state index contributed by atoms with van der Waals surface area (Å²) >= 11 is 0. The van der Waals surface area contributed by atoms with Gasteiger partial charge in [0, 0.05) is 39.6 Å². The van der Waals surface area contributed by atoms with Crippen molar-refractivity contribution in [2.24, 2.45) is 5.41 Å². The second-order valence-corrected chi connectivity index (χ2v) is 5.90. The Labute approximate surface area is 109 Å². The molecule has 104 valence electrons. The Morgan fingerprint density at radius 3 is 3.11 bits per heavy atom. The summed E-state index contributed by atoms with van der Waals surface area (Å²) in [5.41, 5.74) is 0.399. The van der Waals surface area contributed by atoms with E-state index in [9.17, 15) is 4.79 Å². The first-order valence-corrected chi connectivity index (χ1v) is 6.87. The molecule has 2 aliphatic heterocycles. The number of morpholine rings is 1. The van der Waals surface area contributed by atoms with Crippen molar-refractivity contribution in [1.82, 2.24) is 15.5 Å². The van der Waals surface area contributed by atoms with E-state index in [1.807, 2.05) is 0 Å². The molecule has 2 atom stereocenters. The third kappa shape index (κ3) is 3.93.